The number of benzene rings is 1. The van der Waals surface area contributed by atoms with Crippen molar-refractivity contribution in [3.63, 3.8) is 0 Å². The predicted molar refractivity (Wildman–Crippen MR) is 53.4 cm³/mol. The molecule has 0 atom stereocenters. The van der Waals surface area contributed by atoms with Crippen molar-refractivity contribution in [1.82, 2.24) is 10.2 Å². The van der Waals surface area contributed by atoms with Gasteiger partial charge in [-0.25, -0.2) is 8.78 Å². The molecule has 15 heavy (non-hydrogen) atoms. The highest BCUT2D eigenvalue weighted by Crippen LogP contribution is 2.32. The Bertz CT molecular complexity index is 465. The first kappa shape index (κ1) is 9.64. The fourth-order valence-corrected chi connectivity index (χ4v) is 1.44. The third-order valence-electron chi connectivity index (χ3n) is 2.15. The van der Waals surface area contributed by atoms with E-state index in [0.29, 0.717) is 16.9 Å². The minimum absolute atomic E-state index is 0.0365. The summed E-state index contributed by atoms with van der Waals surface area (Å²) >= 11 is 0. The van der Waals surface area contributed by atoms with Crippen LogP contribution < -0.4 is 5.73 Å². The molecule has 0 fully saturated rings. The van der Waals surface area contributed by atoms with E-state index in [1.165, 1.54) is 12.3 Å². The van der Waals surface area contributed by atoms with Crippen LogP contribution >= 0.6 is 0 Å². The zero-order chi connectivity index (χ0) is 10.8. The Morgan fingerprint density at radius 1 is 1.20 bits per heavy atom. The van der Waals surface area contributed by atoms with Crippen LogP contribution in [0.4, 0.5) is 14.6 Å². The minimum Gasteiger partial charge on any atom is -0.384 e. The standard InChI is InChI=1S/C10H9F2N3/c11-9(12)7-4-2-1-3-6(7)8-5-14-15-10(8)13/h1-5,9H,(H3,13,14,15). The third-order valence-corrected chi connectivity index (χ3v) is 2.15. The van der Waals surface area contributed by atoms with Gasteiger partial charge in [-0.3, -0.25) is 5.10 Å². The summed E-state index contributed by atoms with van der Waals surface area (Å²) in [6, 6.07) is 6.24. The molecule has 1 heterocycles. The summed E-state index contributed by atoms with van der Waals surface area (Å²) in [4.78, 5) is 0. The molecule has 0 aliphatic carbocycles. The van der Waals surface area contributed by atoms with Crippen molar-refractivity contribution in [2.45, 2.75) is 6.43 Å². The summed E-state index contributed by atoms with van der Waals surface area (Å²) in [5, 5.41) is 6.22. The zero-order valence-electron chi connectivity index (χ0n) is 7.74. The number of nitrogens with zero attached hydrogens (tertiary/aromatic N) is 1. The minimum atomic E-state index is -2.52. The molecule has 0 amide bonds. The maximum atomic E-state index is 12.7. The number of halogens is 2. The van der Waals surface area contributed by atoms with Crippen LogP contribution in [0, 0.1) is 0 Å². The Labute approximate surface area is 84.9 Å². The number of hydrogen-bond acceptors (Lipinski definition) is 2. The number of nitrogens with two attached hydrogens (primary N) is 1. The van der Waals surface area contributed by atoms with Crippen molar-refractivity contribution in [2.24, 2.45) is 0 Å². The van der Waals surface area contributed by atoms with Crippen molar-refractivity contribution < 1.29 is 8.78 Å². The molecule has 0 radical (unpaired) electrons. The summed E-state index contributed by atoms with van der Waals surface area (Å²) in [5.74, 6) is 0.295. The number of nitrogens with one attached hydrogen (secondary N) is 1. The molecule has 78 valence electrons. The van der Waals surface area contributed by atoms with Crippen LogP contribution in [0.2, 0.25) is 0 Å². The van der Waals surface area contributed by atoms with Crippen LogP contribution in [0.15, 0.2) is 30.5 Å². The van der Waals surface area contributed by atoms with Crippen LogP contribution in [0.25, 0.3) is 11.1 Å². The van der Waals surface area contributed by atoms with Crippen LogP contribution in [0.3, 0.4) is 0 Å². The van der Waals surface area contributed by atoms with Crippen molar-refractivity contribution in [2.75, 3.05) is 5.73 Å². The second-order valence-corrected chi connectivity index (χ2v) is 3.09. The quantitative estimate of drug-likeness (QED) is 0.798. The Balaban J connectivity index is 2.58. The molecular formula is C10H9F2N3. The van der Waals surface area contributed by atoms with Crippen molar-refractivity contribution in [3.8, 4) is 11.1 Å². The Hall–Kier alpha value is -1.91. The van der Waals surface area contributed by atoms with E-state index in [9.17, 15) is 8.78 Å². The van der Waals surface area contributed by atoms with Gasteiger partial charge in [0.15, 0.2) is 0 Å². The number of aromatic nitrogens is 2. The van der Waals surface area contributed by atoms with E-state index in [2.05, 4.69) is 10.2 Å². The van der Waals surface area contributed by atoms with Gasteiger partial charge in [0.05, 0.1) is 6.20 Å². The highest BCUT2D eigenvalue weighted by Gasteiger charge is 2.15. The van der Waals surface area contributed by atoms with Gasteiger partial charge >= 0.3 is 0 Å². The molecule has 0 bridgehead atoms. The maximum absolute atomic E-state index is 12.7. The molecule has 5 heteroatoms. The molecule has 1 aromatic carbocycles. The summed E-state index contributed by atoms with van der Waals surface area (Å²) < 4.78 is 25.4. The largest absolute Gasteiger partial charge is 0.384 e. The lowest BCUT2D eigenvalue weighted by atomic mass is 10.0. The van der Waals surface area contributed by atoms with Gasteiger partial charge < -0.3 is 5.73 Å². The number of nitrogen functional groups attached to an aromatic ring is 1. The van der Waals surface area contributed by atoms with Crippen LogP contribution in [-0.4, -0.2) is 10.2 Å². The van der Waals surface area contributed by atoms with Crippen molar-refractivity contribution >= 4 is 5.82 Å². The zero-order valence-corrected chi connectivity index (χ0v) is 7.74. The van der Waals surface area contributed by atoms with Gasteiger partial charge in [0.25, 0.3) is 6.43 Å². The van der Waals surface area contributed by atoms with Gasteiger partial charge in [0.1, 0.15) is 5.82 Å². The predicted octanol–water partition coefficient (Wildman–Crippen LogP) is 2.60. The summed E-state index contributed by atoms with van der Waals surface area (Å²) in [6.07, 6.45) is -1.08. The number of rotatable bonds is 2. The average Bonchev–Trinajstić information content (AvgIpc) is 2.64. The molecular weight excluding hydrogens is 200 g/mol. The number of H-pyrrole nitrogens is 1. The molecule has 0 aliphatic rings. The highest BCUT2D eigenvalue weighted by atomic mass is 19.3. The van der Waals surface area contributed by atoms with E-state index in [1.807, 2.05) is 0 Å². The molecule has 3 nitrogen and oxygen atoms in total. The van der Waals surface area contributed by atoms with Gasteiger partial charge in [0.2, 0.25) is 0 Å². The first-order chi connectivity index (χ1) is 7.20. The second kappa shape index (κ2) is 3.68. The van der Waals surface area contributed by atoms with Crippen molar-refractivity contribution in [1.29, 1.82) is 0 Å². The molecule has 3 N–H and O–H groups in total. The molecule has 0 aliphatic heterocycles. The van der Waals surface area contributed by atoms with E-state index in [0.717, 1.165) is 0 Å². The lowest BCUT2D eigenvalue weighted by Gasteiger charge is -2.06. The van der Waals surface area contributed by atoms with E-state index in [4.69, 9.17) is 5.73 Å². The monoisotopic (exact) mass is 209 g/mol. The van der Waals surface area contributed by atoms with Crippen LogP contribution in [0.5, 0.6) is 0 Å². The van der Waals surface area contributed by atoms with E-state index >= 15 is 0 Å². The number of aromatic amines is 1. The first-order valence-electron chi connectivity index (χ1n) is 4.36. The molecule has 1 aromatic heterocycles. The third kappa shape index (κ3) is 1.68. The molecule has 0 saturated carbocycles. The molecule has 0 saturated heterocycles. The first-order valence-corrected chi connectivity index (χ1v) is 4.36. The Morgan fingerprint density at radius 2 is 1.93 bits per heavy atom. The van der Waals surface area contributed by atoms with Gasteiger partial charge in [-0.1, -0.05) is 24.3 Å². The van der Waals surface area contributed by atoms with E-state index in [1.54, 1.807) is 18.2 Å². The topological polar surface area (TPSA) is 54.7 Å². The van der Waals surface area contributed by atoms with E-state index in [-0.39, 0.29) is 5.56 Å². The normalized spacial score (nSPS) is 10.9. The van der Waals surface area contributed by atoms with Crippen LogP contribution in [-0.2, 0) is 0 Å². The number of alkyl halides is 2. The van der Waals surface area contributed by atoms with Gasteiger partial charge in [-0.05, 0) is 5.56 Å². The maximum Gasteiger partial charge on any atom is 0.264 e. The van der Waals surface area contributed by atoms with Crippen molar-refractivity contribution in [3.05, 3.63) is 36.0 Å². The number of anilines is 1. The second-order valence-electron chi connectivity index (χ2n) is 3.09. The molecule has 0 spiro atoms. The molecule has 2 aromatic rings. The lowest BCUT2D eigenvalue weighted by molar-refractivity contribution is 0.152. The summed E-state index contributed by atoms with van der Waals surface area (Å²) in [5.41, 5.74) is 6.46. The average molecular weight is 209 g/mol. The fraction of sp³-hybridized carbons (Fsp3) is 0.100. The van der Waals surface area contributed by atoms with Gasteiger partial charge in [-0.2, -0.15) is 5.10 Å². The summed E-state index contributed by atoms with van der Waals surface area (Å²) in [6.45, 7) is 0. The van der Waals surface area contributed by atoms with Gasteiger partial charge in [0, 0.05) is 11.1 Å². The SMILES string of the molecule is Nc1[nH]ncc1-c1ccccc1C(F)F. The summed E-state index contributed by atoms with van der Waals surface area (Å²) in [7, 11) is 0. The van der Waals surface area contributed by atoms with E-state index < -0.39 is 6.43 Å². The van der Waals surface area contributed by atoms with Gasteiger partial charge in [-0.15, -0.1) is 0 Å². The molecule has 2 rings (SSSR count). The lowest BCUT2D eigenvalue weighted by Crippen LogP contribution is -1.92. The van der Waals surface area contributed by atoms with Crippen LogP contribution in [0.1, 0.15) is 12.0 Å². The number of hydrogen-bond donors (Lipinski definition) is 2. The Morgan fingerprint density at radius 3 is 2.53 bits per heavy atom. The molecule has 0 unspecified atom stereocenters. The Kier molecular flexibility index (Phi) is 2.37. The fourth-order valence-electron chi connectivity index (χ4n) is 1.44. The smallest absolute Gasteiger partial charge is 0.264 e. The highest BCUT2D eigenvalue weighted by molar-refractivity contribution is 5.75.